The first-order valence-corrected chi connectivity index (χ1v) is 10.9. The number of nitro groups is 1. The molecule has 0 saturated carbocycles. The van der Waals surface area contributed by atoms with Gasteiger partial charge in [0.05, 0.1) is 21.7 Å². The van der Waals surface area contributed by atoms with Crippen LogP contribution < -0.4 is 10.2 Å². The number of non-ortho nitro benzene ring substituents is 1. The quantitative estimate of drug-likeness (QED) is 0.450. The molecule has 1 N–H and O–H groups in total. The van der Waals surface area contributed by atoms with Crippen molar-refractivity contribution in [3.05, 3.63) is 71.0 Å². The van der Waals surface area contributed by atoms with Gasteiger partial charge >= 0.3 is 0 Å². The number of nitrogens with zero attached hydrogens (tertiary/aromatic N) is 6. The third kappa shape index (κ3) is 4.59. The molecule has 4 rings (SSSR count). The van der Waals surface area contributed by atoms with Crippen LogP contribution >= 0.6 is 0 Å². The van der Waals surface area contributed by atoms with E-state index in [-0.39, 0.29) is 23.7 Å². The van der Waals surface area contributed by atoms with Gasteiger partial charge in [0.15, 0.2) is 11.6 Å². The molecule has 3 heterocycles. The van der Waals surface area contributed by atoms with Crippen LogP contribution in [0, 0.1) is 10.1 Å². The van der Waals surface area contributed by atoms with Crippen molar-refractivity contribution >= 4 is 33.0 Å². The summed E-state index contributed by atoms with van der Waals surface area (Å²) >= 11 is 0. The molecule has 1 saturated heterocycles. The summed E-state index contributed by atoms with van der Waals surface area (Å²) < 4.78 is 27.1. The number of nitrogens with one attached hydrogen (secondary N) is 1. The van der Waals surface area contributed by atoms with Crippen LogP contribution in [0.15, 0.2) is 65.8 Å². The van der Waals surface area contributed by atoms with Crippen LogP contribution in [0.2, 0.25) is 0 Å². The van der Waals surface area contributed by atoms with Crippen LogP contribution in [-0.4, -0.2) is 59.0 Å². The van der Waals surface area contributed by atoms with E-state index in [0.29, 0.717) is 24.7 Å². The molecule has 1 fully saturated rings. The van der Waals surface area contributed by atoms with Gasteiger partial charge < -0.3 is 10.2 Å². The summed E-state index contributed by atoms with van der Waals surface area (Å²) in [5.41, 5.74) is 0.541. The molecule has 0 bridgehead atoms. The Bertz CT molecular complexity index is 1170. The summed E-state index contributed by atoms with van der Waals surface area (Å²) in [5, 5.41) is 22.4. The lowest BCUT2D eigenvalue weighted by molar-refractivity contribution is -0.385. The van der Waals surface area contributed by atoms with E-state index in [1.165, 1.54) is 22.5 Å². The number of nitro benzene ring substituents is 1. The number of hydrogen-bond acceptors (Lipinski definition) is 9. The highest BCUT2D eigenvalue weighted by molar-refractivity contribution is 7.89. The van der Waals surface area contributed by atoms with Gasteiger partial charge in [0.25, 0.3) is 5.69 Å². The van der Waals surface area contributed by atoms with Gasteiger partial charge in [-0.2, -0.15) is 4.31 Å². The molecule has 0 spiro atoms. The van der Waals surface area contributed by atoms with Gasteiger partial charge in [-0.1, -0.05) is 6.07 Å². The van der Waals surface area contributed by atoms with Gasteiger partial charge in [0.1, 0.15) is 0 Å². The van der Waals surface area contributed by atoms with Gasteiger partial charge in [0.2, 0.25) is 10.0 Å². The number of hydrogen-bond donors (Lipinski definition) is 1. The van der Waals surface area contributed by atoms with Crippen LogP contribution in [0.25, 0.3) is 0 Å². The Hall–Kier alpha value is -3.64. The fraction of sp³-hybridized carbons (Fsp3) is 0.211. The number of piperazine rings is 1. The zero-order valence-electron chi connectivity index (χ0n) is 16.3. The second-order valence-electron chi connectivity index (χ2n) is 6.79. The standard InChI is InChI=1S/C19H19N7O4S/c27-26(28)16-4-1-5-17(13-16)31(29,30)25-11-9-24(10-12-25)19-7-6-18(22-23-19)21-15-3-2-8-20-14-15/h1-8,13-14H,9-12H2,(H,21,22). The van der Waals surface area contributed by atoms with E-state index >= 15 is 0 Å². The largest absolute Gasteiger partial charge is 0.352 e. The first-order valence-electron chi connectivity index (χ1n) is 9.44. The van der Waals surface area contributed by atoms with Crippen molar-refractivity contribution in [2.45, 2.75) is 4.90 Å². The minimum absolute atomic E-state index is 0.0826. The van der Waals surface area contributed by atoms with Crippen molar-refractivity contribution in [3.8, 4) is 0 Å². The van der Waals surface area contributed by atoms with Gasteiger partial charge in [-0.25, -0.2) is 8.42 Å². The lowest BCUT2D eigenvalue weighted by Gasteiger charge is -2.34. The van der Waals surface area contributed by atoms with Crippen LogP contribution in [-0.2, 0) is 10.0 Å². The number of anilines is 3. The van der Waals surface area contributed by atoms with Crippen molar-refractivity contribution in [3.63, 3.8) is 0 Å². The monoisotopic (exact) mass is 441 g/mol. The normalized spacial score (nSPS) is 14.9. The van der Waals surface area contributed by atoms with E-state index in [1.54, 1.807) is 18.5 Å². The Balaban J connectivity index is 1.40. The fourth-order valence-electron chi connectivity index (χ4n) is 3.21. The fourth-order valence-corrected chi connectivity index (χ4v) is 4.67. The van der Waals surface area contributed by atoms with Crippen LogP contribution in [0.3, 0.4) is 0 Å². The topological polar surface area (TPSA) is 134 Å². The first kappa shape index (κ1) is 20.6. The first-order chi connectivity index (χ1) is 14.9. The summed E-state index contributed by atoms with van der Waals surface area (Å²) in [5.74, 6) is 1.22. The van der Waals surface area contributed by atoms with Crippen molar-refractivity contribution in [1.82, 2.24) is 19.5 Å². The number of sulfonamides is 1. The van der Waals surface area contributed by atoms with Crippen molar-refractivity contribution < 1.29 is 13.3 Å². The Labute approximate surface area is 178 Å². The third-order valence-corrected chi connectivity index (χ3v) is 6.71. The predicted molar refractivity (Wildman–Crippen MR) is 114 cm³/mol. The lowest BCUT2D eigenvalue weighted by Crippen LogP contribution is -2.49. The molecular formula is C19H19N7O4S. The van der Waals surface area contributed by atoms with E-state index in [9.17, 15) is 18.5 Å². The molecule has 11 nitrogen and oxygen atoms in total. The van der Waals surface area contributed by atoms with Crippen molar-refractivity contribution in [2.75, 3.05) is 36.4 Å². The molecule has 1 aromatic carbocycles. The third-order valence-electron chi connectivity index (χ3n) is 4.81. The van der Waals surface area contributed by atoms with Gasteiger partial charge in [0, 0.05) is 44.5 Å². The zero-order valence-corrected chi connectivity index (χ0v) is 17.1. The summed E-state index contributed by atoms with van der Waals surface area (Å²) in [6.07, 6.45) is 3.36. The SMILES string of the molecule is O=[N+]([O-])c1cccc(S(=O)(=O)N2CCN(c3ccc(Nc4cccnc4)nn3)CC2)c1. The van der Waals surface area contributed by atoms with Crippen molar-refractivity contribution in [1.29, 1.82) is 0 Å². The van der Waals surface area contributed by atoms with E-state index in [2.05, 4.69) is 20.5 Å². The van der Waals surface area contributed by atoms with E-state index in [4.69, 9.17) is 0 Å². The average molecular weight is 441 g/mol. The van der Waals surface area contributed by atoms with E-state index in [0.717, 1.165) is 11.8 Å². The number of aromatic nitrogens is 3. The Morgan fingerprint density at radius 1 is 1.00 bits per heavy atom. The zero-order chi connectivity index (χ0) is 21.8. The Morgan fingerprint density at radius 2 is 1.81 bits per heavy atom. The molecule has 0 aliphatic carbocycles. The van der Waals surface area contributed by atoms with Crippen LogP contribution in [0.5, 0.6) is 0 Å². The molecule has 3 aromatic rings. The second-order valence-corrected chi connectivity index (χ2v) is 8.73. The predicted octanol–water partition coefficient (Wildman–Crippen LogP) is 2.03. The van der Waals surface area contributed by atoms with Crippen molar-refractivity contribution in [2.24, 2.45) is 0 Å². The summed E-state index contributed by atoms with van der Waals surface area (Å²) in [6, 6.07) is 12.4. The molecule has 12 heteroatoms. The maximum atomic E-state index is 12.9. The summed E-state index contributed by atoms with van der Waals surface area (Å²) in [4.78, 5) is 16.2. The smallest absolute Gasteiger partial charge is 0.270 e. The Kier molecular flexibility index (Phi) is 5.73. The lowest BCUT2D eigenvalue weighted by atomic mass is 10.3. The molecule has 31 heavy (non-hydrogen) atoms. The van der Waals surface area contributed by atoms with Crippen LogP contribution in [0.4, 0.5) is 23.0 Å². The highest BCUT2D eigenvalue weighted by Crippen LogP contribution is 2.23. The van der Waals surface area contributed by atoms with Gasteiger partial charge in [-0.3, -0.25) is 15.1 Å². The van der Waals surface area contributed by atoms with E-state index in [1.807, 2.05) is 23.1 Å². The van der Waals surface area contributed by atoms with Crippen LogP contribution in [0.1, 0.15) is 0 Å². The molecule has 0 amide bonds. The molecule has 1 aliphatic rings. The van der Waals surface area contributed by atoms with Gasteiger partial charge in [-0.15, -0.1) is 10.2 Å². The summed E-state index contributed by atoms with van der Waals surface area (Å²) in [7, 11) is -3.81. The molecule has 0 radical (unpaired) electrons. The molecule has 2 aromatic heterocycles. The minimum atomic E-state index is -3.81. The summed E-state index contributed by atoms with van der Waals surface area (Å²) in [6.45, 7) is 1.33. The van der Waals surface area contributed by atoms with Gasteiger partial charge in [-0.05, 0) is 30.3 Å². The average Bonchev–Trinajstić information content (AvgIpc) is 2.80. The van der Waals surface area contributed by atoms with E-state index < -0.39 is 14.9 Å². The molecule has 0 unspecified atom stereocenters. The molecule has 1 aliphatic heterocycles. The second kappa shape index (κ2) is 8.62. The molecule has 0 atom stereocenters. The number of pyridine rings is 1. The Morgan fingerprint density at radius 3 is 2.45 bits per heavy atom. The minimum Gasteiger partial charge on any atom is -0.352 e. The number of benzene rings is 1. The highest BCUT2D eigenvalue weighted by Gasteiger charge is 2.30. The maximum absolute atomic E-state index is 12.9. The molecular weight excluding hydrogens is 422 g/mol. The maximum Gasteiger partial charge on any atom is 0.270 e. The number of rotatable bonds is 6. The highest BCUT2D eigenvalue weighted by atomic mass is 32.2. The molecule has 160 valence electrons.